The molecule has 3 rings (SSSR count). The number of nitrogens with one attached hydrogen (secondary N) is 1. The number of nitrogen functional groups attached to an aromatic ring is 1. The predicted octanol–water partition coefficient (Wildman–Crippen LogP) is 3.57. The summed E-state index contributed by atoms with van der Waals surface area (Å²) in [6.07, 6.45) is 2.69. The lowest BCUT2D eigenvalue weighted by molar-refractivity contribution is -0.123. The van der Waals surface area contributed by atoms with E-state index in [2.05, 4.69) is 5.32 Å². The van der Waals surface area contributed by atoms with Gasteiger partial charge in [-0.3, -0.25) is 4.79 Å². The van der Waals surface area contributed by atoms with Crippen molar-refractivity contribution >= 4 is 39.9 Å². The fourth-order valence-electron chi connectivity index (χ4n) is 3.19. The Morgan fingerprint density at radius 2 is 1.83 bits per heavy atom. The van der Waals surface area contributed by atoms with E-state index in [9.17, 15) is 14.4 Å². The molecule has 1 atom stereocenters. The van der Waals surface area contributed by atoms with Crippen molar-refractivity contribution in [3.05, 3.63) is 45.8 Å². The summed E-state index contributed by atoms with van der Waals surface area (Å²) in [6.45, 7) is 3.49. The number of esters is 2. The van der Waals surface area contributed by atoms with E-state index in [1.807, 2.05) is 0 Å². The van der Waals surface area contributed by atoms with Crippen LogP contribution in [0.3, 0.4) is 0 Å². The molecule has 7 nitrogen and oxygen atoms in total. The minimum atomic E-state index is -1.03. The van der Waals surface area contributed by atoms with Crippen molar-refractivity contribution in [3.63, 3.8) is 0 Å². The lowest BCUT2D eigenvalue weighted by Crippen LogP contribution is -2.30. The fourth-order valence-corrected chi connectivity index (χ4v) is 4.47. The van der Waals surface area contributed by atoms with E-state index >= 15 is 0 Å². The van der Waals surface area contributed by atoms with E-state index in [1.54, 1.807) is 19.1 Å². The van der Waals surface area contributed by atoms with Crippen molar-refractivity contribution in [1.29, 1.82) is 0 Å². The number of fused-ring (bicyclic) bond motifs is 1. The van der Waals surface area contributed by atoms with Crippen LogP contribution in [0.25, 0.3) is 0 Å². The molecule has 3 N–H and O–H groups in total. The molecule has 8 heteroatoms. The van der Waals surface area contributed by atoms with E-state index in [1.165, 1.54) is 30.4 Å². The minimum Gasteiger partial charge on any atom is -0.462 e. The first kappa shape index (κ1) is 20.9. The van der Waals surface area contributed by atoms with Crippen molar-refractivity contribution in [2.45, 2.75) is 45.6 Å². The van der Waals surface area contributed by atoms with Crippen molar-refractivity contribution in [2.24, 2.45) is 0 Å². The Morgan fingerprint density at radius 3 is 2.52 bits per heavy atom. The number of nitrogens with two attached hydrogens (primary N) is 1. The first-order chi connectivity index (χ1) is 13.9. The smallest absolute Gasteiger partial charge is 0.341 e. The molecule has 1 amide bonds. The van der Waals surface area contributed by atoms with Gasteiger partial charge in [-0.05, 0) is 69.4 Å². The summed E-state index contributed by atoms with van der Waals surface area (Å²) in [6, 6.07) is 6.25. The molecular formula is C21H24N2O5S. The second-order valence-electron chi connectivity index (χ2n) is 6.79. The zero-order valence-corrected chi connectivity index (χ0v) is 17.3. The first-order valence-electron chi connectivity index (χ1n) is 9.59. The van der Waals surface area contributed by atoms with E-state index in [-0.39, 0.29) is 6.61 Å². The highest BCUT2D eigenvalue weighted by molar-refractivity contribution is 7.17. The highest BCUT2D eigenvalue weighted by Gasteiger charge is 2.29. The number of amides is 1. The van der Waals surface area contributed by atoms with Crippen LogP contribution in [0, 0.1) is 0 Å². The number of hydrogen-bond acceptors (Lipinski definition) is 7. The Bertz CT molecular complexity index is 920. The number of hydrogen-bond donors (Lipinski definition) is 2. The maximum atomic E-state index is 12.6. The molecule has 1 aliphatic carbocycles. The van der Waals surface area contributed by atoms with Crippen molar-refractivity contribution in [1.82, 2.24) is 0 Å². The number of rotatable bonds is 6. The number of benzene rings is 1. The molecule has 154 valence electrons. The van der Waals surface area contributed by atoms with E-state index in [0.29, 0.717) is 21.8 Å². The van der Waals surface area contributed by atoms with Crippen molar-refractivity contribution in [2.75, 3.05) is 17.7 Å². The molecule has 1 aromatic carbocycles. The second-order valence-corrected chi connectivity index (χ2v) is 7.90. The van der Waals surface area contributed by atoms with Gasteiger partial charge in [0, 0.05) is 10.6 Å². The number of carbonyl (C=O) groups is 3. The van der Waals surface area contributed by atoms with Gasteiger partial charge in [-0.1, -0.05) is 0 Å². The largest absolute Gasteiger partial charge is 0.462 e. The summed E-state index contributed by atoms with van der Waals surface area (Å²) in [4.78, 5) is 38.4. The zero-order chi connectivity index (χ0) is 21.0. The molecule has 0 radical (unpaired) electrons. The molecule has 0 fully saturated rings. The normalized spacial score (nSPS) is 13.9. The predicted molar refractivity (Wildman–Crippen MR) is 111 cm³/mol. The number of carbonyl (C=O) groups excluding carboxylic acids is 3. The summed E-state index contributed by atoms with van der Waals surface area (Å²) >= 11 is 1.39. The van der Waals surface area contributed by atoms with Gasteiger partial charge in [0.1, 0.15) is 5.00 Å². The average Bonchev–Trinajstić information content (AvgIpc) is 3.06. The second kappa shape index (κ2) is 9.09. The van der Waals surface area contributed by atoms with E-state index in [0.717, 1.165) is 36.1 Å². The third-order valence-electron chi connectivity index (χ3n) is 4.69. The van der Waals surface area contributed by atoms with Crippen LogP contribution < -0.4 is 11.1 Å². The quantitative estimate of drug-likeness (QED) is 0.551. The van der Waals surface area contributed by atoms with Crippen LogP contribution in [0.2, 0.25) is 0 Å². The van der Waals surface area contributed by atoms with Gasteiger partial charge in [0.2, 0.25) is 0 Å². The molecular weight excluding hydrogens is 392 g/mol. The Hall–Kier alpha value is -2.87. The van der Waals surface area contributed by atoms with Crippen LogP contribution >= 0.6 is 11.3 Å². The number of anilines is 2. The molecule has 1 unspecified atom stereocenters. The third kappa shape index (κ3) is 4.76. The van der Waals surface area contributed by atoms with Gasteiger partial charge < -0.3 is 20.5 Å². The maximum absolute atomic E-state index is 12.6. The third-order valence-corrected chi connectivity index (χ3v) is 5.89. The molecule has 1 aliphatic rings. The monoisotopic (exact) mass is 416 g/mol. The molecule has 1 heterocycles. The van der Waals surface area contributed by atoms with Crippen LogP contribution in [0.4, 0.5) is 10.7 Å². The number of thiophene rings is 1. The maximum Gasteiger partial charge on any atom is 0.341 e. The van der Waals surface area contributed by atoms with Crippen LogP contribution in [0.5, 0.6) is 0 Å². The average molecular weight is 416 g/mol. The molecule has 1 aromatic heterocycles. The van der Waals surface area contributed by atoms with Crippen LogP contribution in [0.1, 0.15) is 57.8 Å². The summed E-state index contributed by atoms with van der Waals surface area (Å²) in [5.74, 6) is -1.56. The van der Waals surface area contributed by atoms with E-state index < -0.39 is 23.9 Å². The number of ether oxygens (including phenoxy) is 2. The van der Waals surface area contributed by atoms with Gasteiger partial charge in [0.15, 0.2) is 6.10 Å². The Morgan fingerprint density at radius 1 is 1.14 bits per heavy atom. The molecule has 0 saturated carbocycles. The van der Waals surface area contributed by atoms with Crippen molar-refractivity contribution < 1.29 is 23.9 Å². The molecule has 0 aliphatic heterocycles. The van der Waals surface area contributed by atoms with Crippen molar-refractivity contribution in [3.8, 4) is 0 Å². The van der Waals surface area contributed by atoms with Gasteiger partial charge in [-0.25, -0.2) is 9.59 Å². The molecule has 2 aromatic rings. The first-order valence-corrected chi connectivity index (χ1v) is 10.4. The Labute approximate surface area is 173 Å². The molecule has 0 saturated heterocycles. The van der Waals surface area contributed by atoms with Gasteiger partial charge in [0.25, 0.3) is 5.91 Å². The van der Waals surface area contributed by atoms with Gasteiger partial charge in [-0.2, -0.15) is 0 Å². The van der Waals surface area contributed by atoms with Crippen LogP contribution in [-0.2, 0) is 27.1 Å². The molecule has 0 spiro atoms. The lowest BCUT2D eigenvalue weighted by Gasteiger charge is -2.14. The number of aryl methyl sites for hydroxylation is 1. The zero-order valence-electron chi connectivity index (χ0n) is 16.4. The highest BCUT2D eigenvalue weighted by Crippen LogP contribution is 2.38. The summed E-state index contributed by atoms with van der Waals surface area (Å²) in [5.41, 5.74) is 7.83. The standard InChI is InChI=1S/C21H24N2O5S/c1-3-27-21(26)17-15-6-4-5-7-16(15)29-19(17)23-18(24)12(2)28-20(25)13-8-10-14(22)11-9-13/h8-12H,3-7,22H2,1-2H3,(H,23,24). The van der Waals surface area contributed by atoms with Gasteiger partial charge in [-0.15, -0.1) is 11.3 Å². The molecule has 0 bridgehead atoms. The Kier molecular flexibility index (Phi) is 6.53. The lowest BCUT2D eigenvalue weighted by atomic mass is 9.95. The van der Waals surface area contributed by atoms with E-state index in [4.69, 9.17) is 15.2 Å². The molecule has 29 heavy (non-hydrogen) atoms. The highest BCUT2D eigenvalue weighted by atomic mass is 32.1. The summed E-state index contributed by atoms with van der Waals surface area (Å²) in [5, 5.41) is 3.21. The SMILES string of the molecule is CCOC(=O)c1c(NC(=O)C(C)OC(=O)c2ccc(N)cc2)sc2c1CCCC2. The van der Waals surface area contributed by atoms with Crippen LogP contribution in [-0.4, -0.2) is 30.6 Å². The van der Waals surface area contributed by atoms with Gasteiger partial charge >= 0.3 is 11.9 Å². The Balaban J connectivity index is 1.74. The summed E-state index contributed by atoms with van der Waals surface area (Å²) in [7, 11) is 0. The van der Waals surface area contributed by atoms with Gasteiger partial charge in [0.05, 0.1) is 17.7 Å². The topological polar surface area (TPSA) is 108 Å². The minimum absolute atomic E-state index is 0.256. The van der Waals surface area contributed by atoms with Crippen LogP contribution in [0.15, 0.2) is 24.3 Å². The fraction of sp³-hybridized carbons (Fsp3) is 0.381. The summed E-state index contributed by atoms with van der Waals surface area (Å²) < 4.78 is 10.4.